The smallest absolute Gasteiger partial charge is 0.305 e. The molecule has 344 valence electrons. The van der Waals surface area contributed by atoms with Gasteiger partial charge in [0, 0.05) is 24.2 Å². The van der Waals surface area contributed by atoms with Gasteiger partial charge in [0.15, 0.2) is 5.78 Å². The first kappa shape index (κ1) is 45.2. The minimum atomic E-state index is -0.998. The third-order valence-corrected chi connectivity index (χ3v) is 20.0. The fourth-order valence-electron chi connectivity index (χ4n) is 16.7. The van der Waals surface area contributed by atoms with Crippen LogP contribution in [0.5, 0.6) is 5.75 Å². The quantitative estimate of drug-likeness (QED) is 0.121. The number of aryl methyl sites for hydroxylation is 1. The number of allylic oxidation sites excluding steroid dienone is 4. The number of hydrogen-bond acceptors (Lipinski definition) is 8. The molecule has 6 saturated carbocycles. The fraction of sp³-hybridized carbons (Fsp3) is 0.745. The zero-order chi connectivity index (χ0) is 44.6. The molecule has 8 aliphatic carbocycles. The van der Waals surface area contributed by atoms with E-state index in [2.05, 4.69) is 64.7 Å². The molecule has 0 aliphatic heterocycles. The summed E-state index contributed by atoms with van der Waals surface area (Å²) in [5.74, 6) is 9.99. The van der Waals surface area contributed by atoms with Crippen LogP contribution in [0.4, 0.5) is 0 Å². The molecule has 8 heteroatoms. The number of aliphatic hydroxyl groups is 3. The molecule has 3 N–H and O–H groups in total. The maximum atomic E-state index is 12.5. The highest BCUT2D eigenvalue weighted by atomic mass is 16.5. The number of benzene rings is 1. The highest BCUT2D eigenvalue weighted by Crippen LogP contribution is 2.69. The monoisotopic (exact) mass is 865 g/mol. The van der Waals surface area contributed by atoms with E-state index in [1.54, 1.807) is 0 Å². The molecular formula is C55H76O8. The largest absolute Gasteiger partial charge is 0.491 e. The molecular weight excluding hydrogens is 789 g/mol. The van der Waals surface area contributed by atoms with Crippen LogP contribution in [0.3, 0.4) is 0 Å². The number of aliphatic hydroxyl groups excluding tert-OH is 2. The third-order valence-electron chi connectivity index (χ3n) is 20.0. The highest BCUT2D eigenvalue weighted by molar-refractivity contribution is 5.93. The van der Waals surface area contributed by atoms with Gasteiger partial charge in [-0.3, -0.25) is 9.59 Å². The molecule has 8 nitrogen and oxygen atoms in total. The first-order chi connectivity index (χ1) is 30.1. The standard InChI is InChI=1S/C55H76O8/c1-8-21-55(60)23-20-43-40-13-10-35-27-37(56)12-14-39(35)50(40)41(31-53(43,55)5)34-11-17-47(33(3)26-34)63-25-24-62-38-19-22-52(4)36(28-38)29-46(57)51-44-16-15-42(32(2)9-18-49(59)61-7)54(44,6)48(58)30-45(51)52/h11,17,26-27,32,36,38,40-46,48,51,57-58,60H,9-10,12-16,18-20,22-25,28-31H2,1-7H3/t32-,36?,38+,40+,41-,42-,43+,44+,45+,46-,48+,51+,52+,53+,54-,55+/m1/s1. The van der Waals surface area contributed by atoms with E-state index in [-0.39, 0.29) is 63.9 Å². The summed E-state index contributed by atoms with van der Waals surface area (Å²) in [6, 6.07) is 6.66. The van der Waals surface area contributed by atoms with Gasteiger partial charge in [-0.1, -0.05) is 51.3 Å². The van der Waals surface area contributed by atoms with Crippen molar-refractivity contribution in [2.45, 2.75) is 174 Å². The Morgan fingerprint density at radius 2 is 1.76 bits per heavy atom. The number of esters is 1. The zero-order valence-corrected chi connectivity index (χ0v) is 39.3. The molecule has 0 amide bonds. The molecule has 0 aromatic heterocycles. The topological polar surface area (TPSA) is 123 Å². The molecule has 9 rings (SSSR count). The zero-order valence-electron chi connectivity index (χ0n) is 39.3. The van der Waals surface area contributed by atoms with E-state index in [4.69, 9.17) is 14.2 Å². The molecule has 0 heterocycles. The van der Waals surface area contributed by atoms with Crippen LogP contribution < -0.4 is 4.74 Å². The van der Waals surface area contributed by atoms with Gasteiger partial charge in [-0.25, -0.2) is 0 Å². The number of fused-ring (bicyclic) bond motifs is 9. The SMILES string of the molecule is CC#C[C@]1(O)CC[C@H]2[C@@H]3CCC4=CC(=O)CCC4=C3[C@@H](c3ccc(OCCO[C@H]4CC[C@@]5(C)C(C4)C[C@@H](O)[C@H]4[C@@H]6CC[C@H]([C@H](C)CCC(=O)OC)[C@@]6(C)[C@@H](O)C[C@@H]45)c(C)c3)C[C@@]21C. The first-order valence-electron chi connectivity index (χ1n) is 25.0. The van der Waals surface area contributed by atoms with Gasteiger partial charge in [-0.15, -0.1) is 5.92 Å². The van der Waals surface area contributed by atoms with Gasteiger partial charge in [0.1, 0.15) is 18.0 Å². The summed E-state index contributed by atoms with van der Waals surface area (Å²) in [7, 11) is 1.45. The second-order valence-corrected chi connectivity index (χ2v) is 22.6. The van der Waals surface area contributed by atoms with Crippen molar-refractivity contribution >= 4 is 11.8 Å². The summed E-state index contributed by atoms with van der Waals surface area (Å²) in [5, 5.41) is 36.1. The first-order valence-corrected chi connectivity index (χ1v) is 25.0. The van der Waals surface area contributed by atoms with Gasteiger partial charge in [-0.05, 0) is 196 Å². The summed E-state index contributed by atoms with van der Waals surface area (Å²) in [6.45, 7) is 14.2. The van der Waals surface area contributed by atoms with Crippen LogP contribution in [0.15, 0.2) is 41.0 Å². The average molecular weight is 865 g/mol. The predicted octanol–water partition coefficient (Wildman–Crippen LogP) is 9.60. The average Bonchev–Trinajstić information content (AvgIpc) is 3.75. The number of methoxy groups -OCH3 is 1. The van der Waals surface area contributed by atoms with Crippen molar-refractivity contribution in [1.82, 2.24) is 0 Å². The van der Waals surface area contributed by atoms with E-state index in [0.717, 1.165) is 94.8 Å². The van der Waals surface area contributed by atoms with Gasteiger partial charge >= 0.3 is 5.97 Å². The lowest BCUT2D eigenvalue weighted by atomic mass is 9.43. The molecule has 63 heavy (non-hydrogen) atoms. The Labute approximate surface area is 377 Å². The summed E-state index contributed by atoms with van der Waals surface area (Å²) in [5.41, 5.74) is 5.03. The Balaban J connectivity index is 0.836. The predicted molar refractivity (Wildman–Crippen MR) is 243 cm³/mol. The number of ether oxygens (including phenoxy) is 3. The van der Waals surface area contributed by atoms with Crippen molar-refractivity contribution in [3.63, 3.8) is 0 Å². The third kappa shape index (κ3) is 7.41. The lowest BCUT2D eigenvalue weighted by molar-refractivity contribution is -0.209. The number of carbonyl (C=O) groups is 2. The molecule has 6 fully saturated rings. The van der Waals surface area contributed by atoms with E-state index in [9.17, 15) is 24.9 Å². The van der Waals surface area contributed by atoms with Crippen LogP contribution in [-0.4, -0.2) is 71.3 Å². The second-order valence-electron chi connectivity index (χ2n) is 22.6. The Kier molecular flexibility index (Phi) is 12.2. The fourth-order valence-corrected chi connectivity index (χ4v) is 16.7. The van der Waals surface area contributed by atoms with Gasteiger partial charge in [0.05, 0.1) is 32.0 Å². The Bertz CT molecular complexity index is 2080. The van der Waals surface area contributed by atoms with Gasteiger partial charge in [-0.2, -0.15) is 0 Å². The van der Waals surface area contributed by atoms with Gasteiger partial charge in [0.25, 0.3) is 0 Å². The normalized spacial score (nSPS) is 43.2. The summed E-state index contributed by atoms with van der Waals surface area (Å²) in [4.78, 5) is 24.5. The Hall–Kier alpha value is -2.96. The Morgan fingerprint density at radius 1 is 0.952 bits per heavy atom. The van der Waals surface area contributed by atoms with Crippen molar-refractivity contribution in [3.05, 3.63) is 52.1 Å². The summed E-state index contributed by atoms with van der Waals surface area (Å²) in [6.07, 6.45) is 14.9. The minimum Gasteiger partial charge on any atom is -0.491 e. The van der Waals surface area contributed by atoms with E-state index in [0.29, 0.717) is 62.1 Å². The number of carbonyl (C=O) groups excluding carboxylic acids is 2. The van der Waals surface area contributed by atoms with Crippen LogP contribution in [-0.2, 0) is 19.1 Å². The van der Waals surface area contributed by atoms with Crippen LogP contribution in [0, 0.1) is 82.4 Å². The second kappa shape index (κ2) is 17.0. The molecule has 0 bridgehead atoms. The summed E-state index contributed by atoms with van der Waals surface area (Å²) >= 11 is 0. The van der Waals surface area contributed by atoms with Crippen LogP contribution in [0.25, 0.3) is 0 Å². The number of hydrogen-bond donors (Lipinski definition) is 3. The number of rotatable bonds is 10. The van der Waals surface area contributed by atoms with Crippen molar-refractivity contribution < 1.29 is 39.1 Å². The molecule has 8 aliphatic rings. The lowest BCUT2D eigenvalue weighted by Gasteiger charge is -2.63. The molecule has 1 aromatic rings. The highest BCUT2D eigenvalue weighted by Gasteiger charge is 2.66. The van der Waals surface area contributed by atoms with E-state index >= 15 is 0 Å². The van der Waals surface area contributed by atoms with Crippen molar-refractivity contribution in [2.75, 3.05) is 20.3 Å². The lowest BCUT2D eigenvalue weighted by Crippen LogP contribution is -2.62. The molecule has 0 saturated heterocycles. The van der Waals surface area contributed by atoms with Crippen molar-refractivity contribution in [3.8, 4) is 17.6 Å². The van der Waals surface area contributed by atoms with E-state index < -0.39 is 11.7 Å². The van der Waals surface area contributed by atoms with Crippen LogP contribution in [0.2, 0.25) is 0 Å². The van der Waals surface area contributed by atoms with Crippen LogP contribution >= 0.6 is 0 Å². The van der Waals surface area contributed by atoms with E-state index in [1.165, 1.54) is 29.4 Å². The van der Waals surface area contributed by atoms with Gasteiger partial charge < -0.3 is 29.5 Å². The molecule has 1 aromatic carbocycles. The van der Waals surface area contributed by atoms with Gasteiger partial charge in [0.2, 0.25) is 0 Å². The molecule has 0 radical (unpaired) electrons. The number of ketones is 1. The van der Waals surface area contributed by atoms with Crippen LogP contribution in [0.1, 0.15) is 154 Å². The molecule has 16 atom stereocenters. The summed E-state index contributed by atoms with van der Waals surface area (Å²) < 4.78 is 17.9. The maximum Gasteiger partial charge on any atom is 0.305 e. The van der Waals surface area contributed by atoms with E-state index in [1.807, 2.05) is 13.0 Å². The maximum absolute atomic E-state index is 12.5. The van der Waals surface area contributed by atoms with Crippen molar-refractivity contribution in [2.24, 2.45) is 63.6 Å². The van der Waals surface area contributed by atoms with Crippen molar-refractivity contribution in [1.29, 1.82) is 0 Å². The Morgan fingerprint density at radius 3 is 2.52 bits per heavy atom. The molecule has 1 unspecified atom stereocenters. The minimum absolute atomic E-state index is 0.0627. The molecule has 0 spiro atoms.